The average molecular weight is 568 g/mol. The molecule has 0 saturated carbocycles. The molecule has 0 aliphatic heterocycles. The van der Waals surface area contributed by atoms with E-state index in [-0.39, 0.29) is 5.28 Å². The third-order valence-corrected chi connectivity index (χ3v) is 8.79. The molecule has 0 radical (unpaired) electrons. The Hall–Kier alpha value is -5.38. The summed E-state index contributed by atoms with van der Waals surface area (Å²) in [7, 11) is 0. The van der Waals surface area contributed by atoms with Crippen LogP contribution in [0.5, 0.6) is 0 Å². The maximum absolute atomic E-state index is 6.64. The largest absolute Gasteiger partial charge is 0.226 e. The highest BCUT2D eigenvalue weighted by atomic mass is 35.5. The first-order valence-corrected chi connectivity index (χ1v) is 14.7. The molecule has 3 nitrogen and oxygen atoms in total. The molecule has 0 spiro atoms. The van der Waals surface area contributed by atoms with Gasteiger partial charge in [-0.1, -0.05) is 127 Å². The summed E-state index contributed by atoms with van der Waals surface area (Å²) in [6.07, 6.45) is 0. The van der Waals surface area contributed by atoms with E-state index in [0.29, 0.717) is 11.6 Å². The van der Waals surface area contributed by atoms with Crippen LogP contribution in [0.25, 0.3) is 87.4 Å². The molecule has 0 amide bonds. The molecule has 1 aromatic heterocycles. The van der Waals surface area contributed by atoms with Crippen molar-refractivity contribution in [3.8, 4) is 22.8 Å². The van der Waals surface area contributed by atoms with Crippen LogP contribution < -0.4 is 0 Å². The Morgan fingerprint density at radius 1 is 0.349 bits per heavy atom. The number of hydrogen-bond acceptors (Lipinski definition) is 3. The summed E-state index contributed by atoms with van der Waals surface area (Å²) in [5.41, 5.74) is 1.83. The molecule has 0 unspecified atom stereocenters. The fraction of sp³-hybridized carbons (Fsp3) is 0. The first kappa shape index (κ1) is 24.2. The van der Waals surface area contributed by atoms with Crippen LogP contribution in [0.3, 0.4) is 0 Å². The fourth-order valence-electron chi connectivity index (χ4n) is 6.79. The minimum atomic E-state index is 0.172. The van der Waals surface area contributed by atoms with Gasteiger partial charge in [-0.25, -0.2) is 4.98 Å². The number of aromatic nitrogens is 3. The van der Waals surface area contributed by atoms with Crippen molar-refractivity contribution in [1.82, 2.24) is 15.0 Å². The maximum atomic E-state index is 6.64. The molecule has 0 N–H and O–H groups in total. The molecule has 4 heteroatoms. The Bertz CT molecular complexity index is 2510. The normalized spacial score (nSPS) is 11.8. The van der Waals surface area contributed by atoms with E-state index in [2.05, 4.69) is 143 Å². The Kier molecular flexibility index (Phi) is 5.25. The number of hydrogen-bond donors (Lipinski definition) is 0. The van der Waals surface area contributed by atoms with Crippen LogP contribution in [-0.4, -0.2) is 15.0 Å². The Balaban J connectivity index is 1.31. The lowest BCUT2D eigenvalue weighted by atomic mass is 9.91. The number of nitrogens with zero attached hydrogens (tertiary/aromatic N) is 3. The monoisotopic (exact) mass is 567 g/mol. The second-order valence-corrected chi connectivity index (χ2v) is 11.3. The van der Waals surface area contributed by atoms with Crippen LogP contribution in [0.4, 0.5) is 0 Å². The number of halogens is 1. The highest BCUT2D eigenvalue weighted by molar-refractivity contribution is 6.30. The van der Waals surface area contributed by atoms with Crippen LogP contribution in [0, 0.1) is 0 Å². The minimum Gasteiger partial charge on any atom is -0.208 e. The Morgan fingerprint density at radius 3 is 1.33 bits per heavy atom. The molecule has 200 valence electrons. The van der Waals surface area contributed by atoms with E-state index in [0.717, 1.165) is 32.7 Å². The lowest BCUT2D eigenvalue weighted by Gasteiger charge is -2.14. The first-order chi connectivity index (χ1) is 21.2. The second kappa shape index (κ2) is 9.32. The van der Waals surface area contributed by atoms with Crippen molar-refractivity contribution < 1.29 is 0 Å². The molecule has 1 heterocycles. The van der Waals surface area contributed by atoms with Gasteiger partial charge < -0.3 is 0 Å². The van der Waals surface area contributed by atoms with Crippen LogP contribution in [0.1, 0.15) is 0 Å². The van der Waals surface area contributed by atoms with Gasteiger partial charge in [0.15, 0.2) is 11.6 Å². The van der Waals surface area contributed by atoms with Gasteiger partial charge in [-0.05, 0) is 76.9 Å². The topological polar surface area (TPSA) is 38.7 Å². The van der Waals surface area contributed by atoms with Crippen LogP contribution in [0.15, 0.2) is 133 Å². The van der Waals surface area contributed by atoms with Crippen molar-refractivity contribution in [2.75, 3.05) is 0 Å². The molecule has 0 fully saturated rings. The summed E-state index contributed by atoms with van der Waals surface area (Å²) in [4.78, 5) is 14.3. The van der Waals surface area contributed by atoms with E-state index < -0.39 is 0 Å². The number of benzene rings is 8. The van der Waals surface area contributed by atoms with Crippen LogP contribution in [0.2, 0.25) is 5.28 Å². The van der Waals surface area contributed by atoms with Gasteiger partial charge in [-0.15, -0.1) is 0 Å². The van der Waals surface area contributed by atoms with Crippen molar-refractivity contribution in [1.29, 1.82) is 0 Å². The molecular weight excluding hydrogens is 546 g/mol. The van der Waals surface area contributed by atoms with Gasteiger partial charge in [0.1, 0.15) is 0 Å². The molecule has 0 aliphatic carbocycles. The molecule has 9 rings (SSSR count). The zero-order chi connectivity index (χ0) is 28.5. The van der Waals surface area contributed by atoms with Crippen LogP contribution in [-0.2, 0) is 0 Å². The summed E-state index contributed by atoms with van der Waals surface area (Å²) in [6, 6.07) is 47.0. The lowest BCUT2D eigenvalue weighted by Crippen LogP contribution is -1.98. The summed E-state index contributed by atoms with van der Waals surface area (Å²) in [5.74, 6) is 1.11. The average Bonchev–Trinajstić information content (AvgIpc) is 3.08. The number of fused-ring (bicyclic) bond motifs is 12. The molecule has 0 aliphatic rings. The predicted octanol–water partition coefficient (Wildman–Crippen LogP) is 10.8. The van der Waals surface area contributed by atoms with Crippen molar-refractivity contribution in [3.05, 3.63) is 139 Å². The van der Waals surface area contributed by atoms with Crippen molar-refractivity contribution in [2.45, 2.75) is 0 Å². The maximum Gasteiger partial charge on any atom is 0.226 e. The summed E-state index contributed by atoms with van der Waals surface area (Å²) in [5, 5.41) is 14.5. The molecule has 0 atom stereocenters. The predicted molar refractivity (Wildman–Crippen MR) is 181 cm³/mol. The van der Waals surface area contributed by atoms with E-state index in [1.807, 2.05) is 0 Å². The van der Waals surface area contributed by atoms with Gasteiger partial charge in [0, 0.05) is 16.5 Å². The van der Waals surface area contributed by atoms with Crippen LogP contribution >= 0.6 is 11.6 Å². The molecule has 8 aromatic carbocycles. The highest BCUT2D eigenvalue weighted by Gasteiger charge is 2.17. The molecule has 0 bridgehead atoms. The Labute approximate surface area is 252 Å². The second-order valence-electron chi connectivity index (χ2n) is 10.9. The molecule has 43 heavy (non-hydrogen) atoms. The van der Waals surface area contributed by atoms with Gasteiger partial charge in [0.25, 0.3) is 0 Å². The molecular formula is C39H22ClN3. The van der Waals surface area contributed by atoms with Gasteiger partial charge in [0.05, 0.1) is 0 Å². The smallest absolute Gasteiger partial charge is 0.208 e. The molecule has 0 saturated heterocycles. The zero-order valence-corrected chi connectivity index (χ0v) is 23.7. The van der Waals surface area contributed by atoms with Gasteiger partial charge in [-0.3, -0.25) is 0 Å². The Morgan fingerprint density at radius 2 is 0.767 bits per heavy atom. The van der Waals surface area contributed by atoms with Crippen molar-refractivity contribution in [2.24, 2.45) is 0 Å². The van der Waals surface area contributed by atoms with E-state index in [4.69, 9.17) is 16.6 Å². The highest BCUT2D eigenvalue weighted by Crippen LogP contribution is 2.40. The van der Waals surface area contributed by atoms with E-state index in [9.17, 15) is 0 Å². The zero-order valence-electron chi connectivity index (χ0n) is 22.9. The SMILES string of the molecule is Clc1nc(-c2ccc3c4ccccc4c4ccccc4c3c2)nc(-c2cccc3c4ccccc4c4ccccc4c23)n1. The van der Waals surface area contributed by atoms with Gasteiger partial charge >= 0.3 is 0 Å². The first-order valence-electron chi connectivity index (χ1n) is 14.3. The molecule has 9 aromatic rings. The third-order valence-electron chi connectivity index (χ3n) is 8.62. The van der Waals surface area contributed by atoms with Gasteiger partial charge in [-0.2, -0.15) is 9.97 Å². The number of rotatable bonds is 2. The third kappa shape index (κ3) is 3.65. The van der Waals surface area contributed by atoms with E-state index in [1.165, 1.54) is 43.1 Å². The van der Waals surface area contributed by atoms with Crippen molar-refractivity contribution in [3.63, 3.8) is 0 Å². The summed E-state index contributed by atoms with van der Waals surface area (Å²) in [6.45, 7) is 0. The lowest BCUT2D eigenvalue weighted by molar-refractivity contribution is 1.07. The summed E-state index contributed by atoms with van der Waals surface area (Å²) < 4.78 is 0. The van der Waals surface area contributed by atoms with Gasteiger partial charge in [0.2, 0.25) is 5.28 Å². The minimum absolute atomic E-state index is 0.172. The standard InChI is InChI=1S/C39H22ClN3/c40-39-42-37(23-20-21-31-26-12-2-1-10-24(26)25-11-4-6-16-30(25)35(31)22-23)41-38(43-39)34-19-9-18-33-29-14-5-3-13-27(29)28-15-7-8-17-32(28)36(33)34/h1-22H. The van der Waals surface area contributed by atoms with E-state index >= 15 is 0 Å². The van der Waals surface area contributed by atoms with Crippen molar-refractivity contribution >= 4 is 76.2 Å². The summed E-state index contributed by atoms with van der Waals surface area (Å²) >= 11 is 6.64. The van der Waals surface area contributed by atoms with E-state index in [1.54, 1.807) is 0 Å². The fourth-order valence-corrected chi connectivity index (χ4v) is 6.95. The quantitative estimate of drug-likeness (QED) is 0.195.